The number of benzene rings is 2. The lowest BCUT2D eigenvalue weighted by Crippen LogP contribution is -2.35. The van der Waals surface area contributed by atoms with Crippen molar-refractivity contribution < 1.29 is 9.53 Å². The van der Waals surface area contributed by atoms with E-state index in [4.69, 9.17) is 10.5 Å². The van der Waals surface area contributed by atoms with Crippen LogP contribution in [0.2, 0.25) is 0 Å². The Bertz CT molecular complexity index is 567. The minimum absolute atomic E-state index is 0.152. The van der Waals surface area contributed by atoms with E-state index in [-0.39, 0.29) is 5.91 Å². The van der Waals surface area contributed by atoms with E-state index in [1.165, 1.54) is 0 Å². The number of hydrogen-bond donors (Lipinski definition) is 1. The quantitative estimate of drug-likeness (QED) is 0.928. The van der Waals surface area contributed by atoms with Crippen molar-refractivity contribution in [2.75, 3.05) is 19.1 Å². The van der Waals surface area contributed by atoms with Crippen LogP contribution in [0.4, 0.5) is 5.69 Å². The summed E-state index contributed by atoms with van der Waals surface area (Å²) in [6.07, 6.45) is 0. The van der Waals surface area contributed by atoms with Crippen LogP contribution in [0.25, 0.3) is 0 Å². The van der Waals surface area contributed by atoms with E-state index < -0.39 is 6.04 Å². The summed E-state index contributed by atoms with van der Waals surface area (Å²) in [6.45, 7) is 0. The summed E-state index contributed by atoms with van der Waals surface area (Å²) < 4.78 is 5.09. The van der Waals surface area contributed by atoms with Crippen LogP contribution in [0.3, 0.4) is 0 Å². The lowest BCUT2D eigenvalue weighted by atomic mass is 10.1. The highest BCUT2D eigenvalue weighted by molar-refractivity contribution is 5.97. The predicted molar refractivity (Wildman–Crippen MR) is 79.8 cm³/mol. The second-order valence-electron chi connectivity index (χ2n) is 4.48. The Hall–Kier alpha value is -2.33. The van der Waals surface area contributed by atoms with Gasteiger partial charge in [0.05, 0.1) is 7.11 Å². The van der Waals surface area contributed by atoms with E-state index in [1.54, 1.807) is 43.3 Å². The summed E-state index contributed by atoms with van der Waals surface area (Å²) in [5, 5.41) is 0. The number of rotatable bonds is 4. The molecule has 0 aliphatic rings. The van der Waals surface area contributed by atoms with Crippen molar-refractivity contribution in [3.05, 3.63) is 60.2 Å². The number of anilines is 1. The first kappa shape index (κ1) is 14.1. The third kappa shape index (κ3) is 2.97. The molecule has 0 bridgehead atoms. The average Bonchev–Trinajstić information content (AvgIpc) is 2.53. The summed E-state index contributed by atoms with van der Waals surface area (Å²) in [5.74, 6) is 0.589. The molecule has 4 nitrogen and oxygen atoms in total. The van der Waals surface area contributed by atoms with Gasteiger partial charge in [-0.2, -0.15) is 0 Å². The van der Waals surface area contributed by atoms with Gasteiger partial charge in [-0.05, 0) is 29.8 Å². The van der Waals surface area contributed by atoms with Gasteiger partial charge in [0.2, 0.25) is 5.91 Å². The molecule has 20 heavy (non-hydrogen) atoms. The maximum absolute atomic E-state index is 12.4. The van der Waals surface area contributed by atoms with E-state index in [2.05, 4.69) is 0 Å². The average molecular weight is 270 g/mol. The first-order valence-corrected chi connectivity index (χ1v) is 6.35. The minimum Gasteiger partial charge on any atom is -0.497 e. The van der Waals surface area contributed by atoms with E-state index >= 15 is 0 Å². The number of likely N-dealkylation sites (N-methyl/N-ethyl adjacent to an activating group) is 1. The van der Waals surface area contributed by atoms with Crippen LogP contribution in [0.5, 0.6) is 5.75 Å². The van der Waals surface area contributed by atoms with Crippen molar-refractivity contribution in [2.45, 2.75) is 6.04 Å². The molecule has 2 aromatic carbocycles. The van der Waals surface area contributed by atoms with Crippen molar-refractivity contribution in [2.24, 2.45) is 5.73 Å². The highest BCUT2D eigenvalue weighted by Gasteiger charge is 2.20. The van der Waals surface area contributed by atoms with Gasteiger partial charge in [0, 0.05) is 12.7 Å². The van der Waals surface area contributed by atoms with E-state index in [0.717, 1.165) is 17.0 Å². The van der Waals surface area contributed by atoms with Gasteiger partial charge in [0.25, 0.3) is 0 Å². The van der Waals surface area contributed by atoms with Crippen LogP contribution in [0.15, 0.2) is 54.6 Å². The fraction of sp³-hybridized carbons (Fsp3) is 0.188. The molecular formula is C16H18N2O2. The third-order valence-electron chi connectivity index (χ3n) is 3.22. The summed E-state index contributed by atoms with van der Waals surface area (Å²) >= 11 is 0. The highest BCUT2D eigenvalue weighted by atomic mass is 16.5. The third-order valence-corrected chi connectivity index (χ3v) is 3.22. The number of carbonyl (C=O) groups is 1. The Balaban J connectivity index is 2.15. The zero-order valence-corrected chi connectivity index (χ0v) is 11.6. The minimum atomic E-state index is -0.689. The normalized spacial score (nSPS) is 11.8. The lowest BCUT2D eigenvalue weighted by Gasteiger charge is -2.21. The Morgan fingerprint density at radius 3 is 2.25 bits per heavy atom. The van der Waals surface area contributed by atoms with Crippen LogP contribution in [-0.2, 0) is 4.79 Å². The fourth-order valence-electron chi connectivity index (χ4n) is 1.94. The van der Waals surface area contributed by atoms with Gasteiger partial charge in [-0.25, -0.2) is 0 Å². The molecule has 0 aliphatic heterocycles. The number of ether oxygens (including phenoxy) is 1. The second kappa shape index (κ2) is 6.21. The molecule has 0 heterocycles. The molecule has 0 aliphatic carbocycles. The largest absolute Gasteiger partial charge is 0.497 e. The Labute approximate surface area is 118 Å². The monoisotopic (exact) mass is 270 g/mol. The molecule has 0 aromatic heterocycles. The molecule has 2 N–H and O–H groups in total. The van der Waals surface area contributed by atoms with Crippen molar-refractivity contribution in [3.8, 4) is 5.75 Å². The summed E-state index contributed by atoms with van der Waals surface area (Å²) in [6, 6.07) is 15.9. The van der Waals surface area contributed by atoms with E-state index in [1.807, 2.05) is 30.3 Å². The number of para-hydroxylation sites is 1. The van der Waals surface area contributed by atoms with E-state index in [0.29, 0.717) is 0 Å². The van der Waals surface area contributed by atoms with Gasteiger partial charge in [-0.15, -0.1) is 0 Å². The molecule has 0 saturated carbocycles. The SMILES string of the molecule is COc1ccc([C@H](N)C(=O)N(C)c2ccccc2)cc1. The van der Waals surface area contributed by atoms with Crippen molar-refractivity contribution in [1.82, 2.24) is 0 Å². The first-order valence-electron chi connectivity index (χ1n) is 6.35. The number of nitrogens with zero attached hydrogens (tertiary/aromatic N) is 1. The smallest absolute Gasteiger partial charge is 0.248 e. The topological polar surface area (TPSA) is 55.6 Å². The second-order valence-corrected chi connectivity index (χ2v) is 4.48. The first-order chi connectivity index (χ1) is 9.63. The zero-order valence-electron chi connectivity index (χ0n) is 11.6. The number of amides is 1. The van der Waals surface area contributed by atoms with Gasteiger partial charge in [-0.3, -0.25) is 4.79 Å². The number of nitrogens with two attached hydrogens (primary N) is 1. The molecule has 2 rings (SSSR count). The fourth-order valence-corrected chi connectivity index (χ4v) is 1.94. The standard InChI is InChI=1S/C16H18N2O2/c1-18(13-6-4-3-5-7-13)16(19)15(17)12-8-10-14(20-2)11-9-12/h3-11,15H,17H2,1-2H3/t15-/m0/s1. The molecular weight excluding hydrogens is 252 g/mol. The molecule has 0 radical (unpaired) electrons. The molecule has 0 saturated heterocycles. The maximum Gasteiger partial charge on any atom is 0.248 e. The molecule has 0 fully saturated rings. The van der Waals surface area contributed by atoms with Gasteiger partial charge in [-0.1, -0.05) is 30.3 Å². The Morgan fingerprint density at radius 1 is 1.10 bits per heavy atom. The maximum atomic E-state index is 12.4. The van der Waals surface area contributed by atoms with Crippen molar-refractivity contribution in [3.63, 3.8) is 0 Å². The molecule has 1 atom stereocenters. The van der Waals surface area contributed by atoms with Crippen LogP contribution in [-0.4, -0.2) is 20.1 Å². The van der Waals surface area contributed by atoms with Crippen molar-refractivity contribution in [1.29, 1.82) is 0 Å². The number of carbonyl (C=O) groups excluding carboxylic acids is 1. The zero-order chi connectivity index (χ0) is 14.5. The Kier molecular flexibility index (Phi) is 4.38. The molecule has 0 spiro atoms. The highest BCUT2D eigenvalue weighted by Crippen LogP contribution is 2.20. The van der Waals surface area contributed by atoms with E-state index in [9.17, 15) is 4.79 Å². The van der Waals surface area contributed by atoms with Crippen LogP contribution in [0.1, 0.15) is 11.6 Å². The predicted octanol–water partition coefficient (Wildman–Crippen LogP) is 2.36. The Morgan fingerprint density at radius 2 is 1.70 bits per heavy atom. The molecule has 104 valence electrons. The van der Waals surface area contributed by atoms with Crippen LogP contribution >= 0.6 is 0 Å². The van der Waals surface area contributed by atoms with Crippen molar-refractivity contribution >= 4 is 11.6 Å². The summed E-state index contributed by atoms with van der Waals surface area (Å²) in [4.78, 5) is 13.9. The van der Waals surface area contributed by atoms with Gasteiger partial charge in [0.15, 0.2) is 0 Å². The summed E-state index contributed by atoms with van der Waals surface area (Å²) in [7, 11) is 3.32. The lowest BCUT2D eigenvalue weighted by molar-refractivity contribution is -0.119. The number of hydrogen-bond acceptors (Lipinski definition) is 3. The molecule has 4 heteroatoms. The van der Waals surface area contributed by atoms with Gasteiger partial charge >= 0.3 is 0 Å². The molecule has 1 amide bonds. The number of methoxy groups -OCH3 is 1. The van der Waals surface area contributed by atoms with Gasteiger partial charge < -0.3 is 15.4 Å². The molecule has 0 unspecified atom stereocenters. The summed E-state index contributed by atoms with van der Waals surface area (Å²) in [5.41, 5.74) is 7.62. The van der Waals surface area contributed by atoms with Crippen LogP contribution < -0.4 is 15.4 Å². The van der Waals surface area contributed by atoms with Gasteiger partial charge in [0.1, 0.15) is 11.8 Å². The van der Waals surface area contributed by atoms with Crippen LogP contribution in [0, 0.1) is 0 Å². The molecule has 2 aromatic rings.